The number of nitrogens with one attached hydrogen (secondary N) is 1. The lowest BCUT2D eigenvalue weighted by atomic mass is 9.73. The largest absolute Gasteiger partial charge is 0.454 e. The van der Waals surface area contributed by atoms with Crippen molar-refractivity contribution in [2.24, 2.45) is 0 Å². The van der Waals surface area contributed by atoms with Crippen LogP contribution in [0.15, 0.2) is 48.5 Å². The quantitative estimate of drug-likeness (QED) is 0.354. The molecule has 0 spiro atoms. The molecule has 2 heterocycles. The predicted octanol–water partition coefficient (Wildman–Crippen LogP) is 3.10. The molecule has 1 aliphatic carbocycles. The predicted molar refractivity (Wildman–Crippen MR) is 131 cm³/mol. The van der Waals surface area contributed by atoms with Crippen molar-refractivity contribution in [3.8, 4) is 11.5 Å². The first kappa shape index (κ1) is 26.3. The zero-order valence-corrected chi connectivity index (χ0v) is 21.6. The topological polar surface area (TPSA) is 95.1 Å². The number of hydrogen-bond donors (Lipinski definition) is 1. The van der Waals surface area contributed by atoms with Gasteiger partial charge in [-0.25, -0.2) is 0 Å². The third-order valence-electron chi connectivity index (χ3n) is 6.75. The van der Waals surface area contributed by atoms with Gasteiger partial charge in [0.15, 0.2) is 17.3 Å². The highest BCUT2D eigenvalue weighted by molar-refractivity contribution is 5.46. The second-order valence-electron chi connectivity index (χ2n) is 9.70. The van der Waals surface area contributed by atoms with Gasteiger partial charge in [-0.05, 0) is 37.1 Å². The number of rotatable bonds is 11. The highest BCUT2D eigenvalue weighted by atomic mass is 16.8. The Labute approximate surface area is 216 Å². The molecule has 3 aliphatic rings. The molecule has 10 nitrogen and oxygen atoms in total. The van der Waals surface area contributed by atoms with Crippen LogP contribution in [0.4, 0.5) is 0 Å². The van der Waals surface area contributed by atoms with Gasteiger partial charge in [0.2, 0.25) is 6.79 Å². The minimum Gasteiger partial charge on any atom is -0.454 e. The number of hydroxylamine groups is 1. The van der Waals surface area contributed by atoms with E-state index in [2.05, 4.69) is 5.48 Å². The molecule has 2 unspecified atom stereocenters. The van der Waals surface area contributed by atoms with Gasteiger partial charge in [-0.15, -0.1) is 0 Å². The number of benzene rings is 2. The van der Waals surface area contributed by atoms with Gasteiger partial charge in [0.05, 0.1) is 18.8 Å². The van der Waals surface area contributed by atoms with E-state index in [0.29, 0.717) is 18.1 Å². The summed E-state index contributed by atoms with van der Waals surface area (Å²) in [6.07, 6.45) is -1.86. The molecule has 0 radical (unpaired) electrons. The molecule has 2 aromatic rings. The normalized spacial score (nSPS) is 29.8. The minimum atomic E-state index is -0.834. The maximum absolute atomic E-state index is 6.45. The van der Waals surface area contributed by atoms with Gasteiger partial charge in [-0.2, -0.15) is 5.48 Å². The Bertz CT molecular complexity index is 1020. The van der Waals surface area contributed by atoms with Crippen molar-refractivity contribution in [2.75, 3.05) is 34.6 Å². The van der Waals surface area contributed by atoms with E-state index in [-0.39, 0.29) is 32.3 Å². The standard InChI is InChI=1S/C27H35NO9/c1-27(2)36-24-22(28-35-13-17-8-6-5-7-9-17)21(18-10-11-19-20(12-18)32-16-31-19)23(33-14-29-3)25(26(24)37-27)34-15-30-4/h5-12,21-26,28H,13-16H2,1-4H3/t21-,22+,23+,24?,25-,26?/m0/s1. The second-order valence-corrected chi connectivity index (χ2v) is 9.70. The van der Waals surface area contributed by atoms with Crippen molar-refractivity contribution in [1.29, 1.82) is 0 Å². The SMILES string of the molecule is COCO[C@@H]1[C@@H](c2ccc3c(c2)OCO3)[C@@H](NOCc2ccccc2)C2OC(C)(C)OC2[C@H]1OCOC. The lowest BCUT2D eigenvalue weighted by Crippen LogP contribution is -2.64. The van der Waals surface area contributed by atoms with Crippen LogP contribution in [0.5, 0.6) is 11.5 Å². The summed E-state index contributed by atoms with van der Waals surface area (Å²) in [5.74, 6) is 0.248. The van der Waals surface area contributed by atoms with Gasteiger partial charge in [0.25, 0.3) is 0 Å². The Morgan fingerprint density at radius 3 is 2.32 bits per heavy atom. The maximum atomic E-state index is 6.45. The van der Waals surface area contributed by atoms with Crippen LogP contribution in [-0.4, -0.2) is 70.8 Å². The molecule has 6 atom stereocenters. The molecule has 1 saturated heterocycles. The van der Waals surface area contributed by atoms with Crippen LogP contribution < -0.4 is 15.0 Å². The molecular formula is C27H35NO9. The van der Waals surface area contributed by atoms with Crippen LogP contribution in [0.2, 0.25) is 0 Å². The van der Waals surface area contributed by atoms with Gasteiger partial charge >= 0.3 is 0 Å². The molecule has 37 heavy (non-hydrogen) atoms. The molecule has 0 aromatic heterocycles. The van der Waals surface area contributed by atoms with E-state index in [4.69, 9.17) is 42.7 Å². The summed E-state index contributed by atoms with van der Waals surface area (Å²) in [5, 5.41) is 0. The van der Waals surface area contributed by atoms with E-state index in [1.54, 1.807) is 14.2 Å². The van der Waals surface area contributed by atoms with E-state index >= 15 is 0 Å². The summed E-state index contributed by atoms with van der Waals surface area (Å²) in [5.41, 5.74) is 5.28. The van der Waals surface area contributed by atoms with Gasteiger partial charge in [0.1, 0.15) is 31.9 Å². The molecule has 0 amide bonds. The van der Waals surface area contributed by atoms with E-state index in [1.807, 2.05) is 62.4 Å². The lowest BCUT2D eigenvalue weighted by Gasteiger charge is -2.47. The minimum absolute atomic E-state index is 0.0673. The van der Waals surface area contributed by atoms with Crippen molar-refractivity contribution in [3.63, 3.8) is 0 Å². The zero-order valence-electron chi connectivity index (χ0n) is 21.6. The van der Waals surface area contributed by atoms with Crippen LogP contribution in [0.3, 0.4) is 0 Å². The first-order chi connectivity index (χ1) is 18.0. The van der Waals surface area contributed by atoms with Gasteiger partial charge < -0.3 is 37.9 Å². The van der Waals surface area contributed by atoms with Crippen molar-refractivity contribution >= 4 is 0 Å². The number of fused-ring (bicyclic) bond motifs is 2. The molecule has 10 heteroatoms. The first-order valence-electron chi connectivity index (χ1n) is 12.4. The molecule has 2 aromatic carbocycles. The smallest absolute Gasteiger partial charge is 0.231 e. The molecule has 5 rings (SSSR count). The fourth-order valence-corrected chi connectivity index (χ4v) is 5.28. The fourth-order valence-electron chi connectivity index (χ4n) is 5.28. The van der Waals surface area contributed by atoms with Crippen molar-refractivity contribution in [1.82, 2.24) is 5.48 Å². The summed E-state index contributed by atoms with van der Waals surface area (Å²) in [6.45, 7) is 4.48. The van der Waals surface area contributed by atoms with Crippen molar-refractivity contribution in [2.45, 2.75) is 62.6 Å². The van der Waals surface area contributed by atoms with Gasteiger partial charge in [0, 0.05) is 20.1 Å². The monoisotopic (exact) mass is 517 g/mol. The molecule has 1 saturated carbocycles. The molecular weight excluding hydrogens is 482 g/mol. The van der Waals surface area contributed by atoms with Gasteiger partial charge in [-0.1, -0.05) is 36.4 Å². The van der Waals surface area contributed by atoms with Crippen LogP contribution in [0, 0.1) is 0 Å². The maximum Gasteiger partial charge on any atom is 0.231 e. The van der Waals surface area contributed by atoms with E-state index in [1.165, 1.54) is 0 Å². The molecule has 2 fully saturated rings. The van der Waals surface area contributed by atoms with Crippen LogP contribution >= 0.6 is 0 Å². The summed E-state index contributed by atoms with van der Waals surface area (Å²) in [4.78, 5) is 6.06. The Hall–Kier alpha value is -2.28. The van der Waals surface area contributed by atoms with E-state index in [0.717, 1.165) is 11.1 Å². The summed E-state index contributed by atoms with van der Waals surface area (Å²) < 4.78 is 47.1. The summed E-state index contributed by atoms with van der Waals surface area (Å²) in [7, 11) is 3.17. The second kappa shape index (κ2) is 11.6. The van der Waals surface area contributed by atoms with Crippen LogP contribution in [-0.2, 0) is 39.9 Å². The van der Waals surface area contributed by atoms with Crippen molar-refractivity contribution < 1.29 is 42.7 Å². The highest BCUT2D eigenvalue weighted by Crippen LogP contribution is 2.47. The Morgan fingerprint density at radius 1 is 0.865 bits per heavy atom. The summed E-state index contributed by atoms with van der Waals surface area (Å²) in [6, 6.07) is 15.5. The van der Waals surface area contributed by atoms with Crippen LogP contribution in [0.25, 0.3) is 0 Å². The first-order valence-corrected chi connectivity index (χ1v) is 12.4. The van der Waals surface area contributed by atoms with Crippen LogP contribution in [0.1, 0.15) is 30.9 Å². The zero-order chi connectivity index (χ0) is 25.8. The average Bonchev–Trinajstić information content (AvgIpc) is 3.50. The number of ether oxygens (including phenoxy) is 8. The third kappa shape index (κ3) is 5.76. The highest BCUT2D eigenvalue weighted by Gasteiger charge is 2.60. The average molecular weight is 518 g/mol. The molecule has 202 valence electrons. The molecule has 2 aliphatic heterocycles. The number of hydrogen-bond acceptors (Lipinski definition) is 10. The Morgan fingerprint density at radius 2 is 1.57 bits per heavy atom. The lowest BCUT2D eigenvalue weighted by molar-refractivity contribution is -0.222. The fraction of sp³-hybridized carbons (Fsp3) is 0.556. The van der Waals surface area contributed by atoms with E-state index < -0.39 is 30.2 Å². The Kier molecular flexibility index (Phi) is 8.28. The van der Waals surface area contributed by atoms with Crippen molar-refractivity contribution in [3.05, 3.63) is 59.7 Å². The summed E-state index contributed by atoms with van der Waals surface area (Å²) >= 11 is 0. The third-order valence-corrected chi connectivity index (χ3v) is 6.75. The number of methoxy groups -OCH3 is 2. The van der Waals surface area contributed by atoms with Gasteiger partial charge in [-0.3, -0.25) is 4.84 Å². The Balaban J connectivity index is 1.51. The van der Waals surface area contributed by atoms with E-state index in [9.17, 15) is 0 Å². The molecule has 1 N–H and O–H groups in total. The molecule has 0 bridgehead atoms.